The van der Waals surface area contributed by atoms with Crippen molar-refractivity contribution in [1.82, 2.24) is 14.7 Å². The fraction of sp³-hybridized carbons (Fsp3) is 0.455. The molecule has 16 heavy (non-hydrogen) atoms. The number of nitrogens with two attached hydrogens (primary N) is 1. The van der Waals surface area contributed by atoms with Crippen LogP contribution in [0.2, 0.25) is 0 Å². The molecule has 0 atom stereocenters. The fourth-order valence-corrected chi connectivity index (χ4v) is 1.70. The Bertz CT molecular complexity index is 484. The molecule has 1 saturated carbocycles. The molecule has 0 bridgehead atoms. The molecule has 0 aliphatic heterocycles. The fourth-order valence-electron chi connectivity index (χ4n) is 1.70. The maximum atomic E-state index is 5.55. The van der Waals surface area contributed by atoms with Crippen LogP contribution >= 0.6 is 0 Å². The first-order chi connectivity index (χ1) is 7.85. The minimum Gasteiger partial charge on any atom is -0.346 e. The minimum atomic E-state index is 0.519. The van der Waals surface area contributed by atoms with Crippen molar-refractivity contribution in [2.75, 3.05) is 0 Å². The van der Waals surface area contributed by atoms with Gasteiger partial charge in [0.25, 0.3) is 0 Å². The average molecular weight is 218 g/mol. The number of nitrogens with zero attached hydrogens (tertiary/aromatic N) is 3. The van der Waals surface area contributed by atoms with Crippen LogP contribution in [-0.2, 0) is 13.1 Å². The maximum absolute atomic E-state index is 5.55. The molecule has 0 aromatic carbocycles. The van der Waals surface area contributed by atoms with E-state index >= 15 is 0 Å². The van der Waals surface area contributed by atoms with E-state index in [0.717, 1.165) is 17.3 Å². The van der Waals surface area contributed by atoms with Gasteiger partial charge in [0.05, 0.1) is 6.54 Å². The molecule has 0 unspecified atom stereocenters. The summed E-state index contributed by atoms with van der Waals surface area (Å²) < 4.78 is 7.21. The number of rotatable bonds is 4. The van der Waals surface area contributed by atoms with E-state index in [9.17, 15) is 0 Å². The molecule has 2 aromatic heterocycles. The van der Waals surface area contributed by atoms with Crippen LogP contribution in [0.4, 0.5) is 0 Å². The Kier molecular flexibility index (Phi) is 2.25. The van der Waals surface area contributed by atoms with Gasteiger partial charge in [-0.2, -0.15) is 4.98 Å². The van der Waals surface area contributed by atoms with Gasteiger partial charge in [-0.1, -0.05) is 5.16 Å². The lowest BCUT2D eigenvalue weighted by molar-refractivity contribution is 0.373. The minimum absolute atomic E-state index is 0.519. The van der Waals surface area contributed by atoms with Crippen molar-refractivity contribution in [3.63, 3.8) is 0 Å². The molecule has 1 aliphatic carbocycles. The highest BCUT2D eigenvalue weighted by atomic mass is 16.5. The maximum Gasteiger partial charge on any atom is 0.229 e. The van der Waals surface area contributed by atoms with Crippen LogP contribution in [-0.4, -0.2) is 14.7 Å². The monoisotopic (exact) mass is 218 g/mol. The van der Waals surface area contributed by atoms with Crippen molar-refractivity contribution in [2.45, 2.75) is 31.8 Å². The van der Waals surface area contributed by atoms with Gasteiger partial charge in [0.1, 0.15) is 0 Å². The van der Waals surface area contributed by atoms with Crippen molar-refractivity contribution in [3.8, 4) is 0 Å². The van der Waals surface area contributed by atoms with Gasteiger partial charge < -0.3 is 14.8 Å². The van der Waals surface area contributed by atoms with Crippen LogP contribution in [0.5, 0.6) is 0 Å². The van der Waals surface area contributed by atoms with E-state index in [4.69, 9.17) is 10.3 Å². The molecule has 1 aliphatic rings. The molecule has 0 spiro atoms. The highest BCUT2D eigenvalue weighted by Crippen LogP contribution is 2.38. The van der Waals surface area contributed by atoms with E-state index in [1.54, 1.807) is 0 Å². The lowest BCUT2D eigenvalue weighted by atomic mass is 10.3. The molecule has 84 valence electrons. The molecule has 0 saturated heterocycles. The van der Waals surface area contributed by atoms with Crippen LogP contribution in [0.3, 0.4) is 0 Å². The number of aromatic nitrogens is 3. The van der Waals surface area contributed by atoms with Gasteiger partial charge in [0.2, 0.25) is 5.89 Å². The van der Waals surface area contributed by atoms with Crippen LogP contribution in [0.15, 0.2) is 23.0 Å². The zero-order valence-electron chi connectivity index (χ0n) is 8.97. The van der Waals surface area contributed by atoms with Gasteiger partial charge in [-0.3, -0.25) is 0 Å². The first-order valence-corrected chi connectivity index (χ1v) is 5.52. The molecule has 1 fully saturated rings. The normalized spacial score (nSPS) is 15.6. The van der Waals surface area contributed by atoms with Crippen molar-refractivity contribution in [3.05, 3.63) is 35.7 Å². The second-order valence-corrected chi connectivity index (χ2v) is 4.22. The molecule has 2 aromatic rings. The van der Waals surface area contributed by atoms with Crippen LogP contribution in [0.1, 0.15) is 36.0 Å². The average Bonchev–Trinajstić information content (AvgIpc) is 2.88. The first kappa shape index (κ1) is 9.59. The smallest absolute Gasteiger partial charge is 0.229 e. The summed E-state index contributed by atoms with van der Waals surface area (Å²) in [5.41, 5.74) is 6.66. The quantitative estimate of drug-likeness (QED) is 0.838. The highest BCUT2D eigenvalue weighted by Gasteiger charge is 2.29. The summed E-state index contributed by atoms with van der Waals surface area (Å²) in [5.74, 6) is 2.05. The molecule has 2 N–H and O–H groups in total. The molecular formula is C11H14N4O. The van der Waals surface area contributed by atoms with Gasteiger partial charge in [-0.05, 0) is 24.5 Å². The highest BCUT2D eigenvalue weighted by molar-refractivity contribution is 5.10. The van der Waals surface area contributed by atoms with E-state index in [0.29, 0.717) is 19.0 Å². The number of hydrogen-bond acceptors (Lipinski definition) is 4. The van der Waals surface area contributed by atoms with E-state index in [2.05, 4.69) is 10.1 Å². The summed E-state index contributed by atoms with van der Waals surface area (Å²) in [7, 11) is 0. The van der Waals surface area contributed by atoms with Crippen molar-refractivity contribution < 1.29 is 4.52 Å². The predicted octanol–water partition coefficient (Wildman–Crippen LogP) is 1.26. The Hall–Kier alpha value is -1.62. The Morgan fingerprint density at radius 1 is 1.50 bits per heavy atom. The second-order valence-electron chi connectivity index (χ2n) is 4.22. The predicted molar refractivity (Wildman–Crippen MR) is 57.7 cm³/mol. The molecule has 3 rings (SSSR count). The van der Waals surface area contributed by atoms with Gasteiger partial charge >= 0.3 is 0 Å². The zero-order chi connectivity index (χ0) is 11.0. The largest absolute Gasteiger partial charge is 0.346 e. The third kappa shape index (κ3) is 1.86. The van der Waals surface area contributed by atoms with E-state index < -0.39 is 0 Å². The van der Waals surface area contributed by atoms with Gasteiger partial charge in [0, 0.05) is 24.9 Å². The Balaban J connectivity index is 1.72. The Labute approximate surface area is 93.3 Å². The topological polar surface area (TPSA) is 69.9 Å². The van der Waals surface area contributed by atoms with Crippen molar-refractivity contribution in [2.24, 2.45) is 5.73 Å². The molecule has 2 heterocycles. The lowest BCUT2D eigenvalue weighted by Crippen LogP contribution is -1.99. The Morgan fingerprint density at radius 3 is 3.06 bits per heavy atom. The van der Waals surface area contributed by atoms with Crippen LogP contribution in [0, 0.1) is 0 Å². The third-order valence-corrected chi connectivity index (χ3v) is 2.78. The zero-order valence-corrected chi connectivity index (χ0v) is 8.97. The molecule has 5 heteroatoms. The van der Waals surface area contributed by atoms with Gasteiger partial charge in [0.15, 0.2) is 5.82 Å². The van der Waals surface area contributed by atoms with E-state index in [1.807, 2.05) is 23.0 Å². The summed E-state index contributed by atoms with van der Waals surface area (Å²) in [6.45, 7) is 1.21. The summed E-state index contributed by atoms with van der Waals surface area (Å²) in [5, 5.41) is 3.97. The molecule has 0 amide bonds. The SMILES string of the molecule is NCc1ccn(Cc2noc(C3CC3)n2)c1. The Morgan fingerprint density at radius 2 is 2.38 bits per heavy atom. The molecule has 5 nitrogen and oxygen atoms in total. The summed E-state index contributed by atoms with van der Waals surface area (Å²) >= 11 is 0. The first-order valence-electron chi connectivity index (χ1n) is 5.52. The third-order valence-electron chi connectivity index (χ3n) is 2.78. The van der Waals surface area contributed by atoms with Crippen molar-refractivity contribution >= 4 is 0 Å². The lowest BCUT2D eigenvalue weighted by Gasteiger charge is -1.95. The van der Waals surface area contributed by atoms with Gasteiger partial charge in [-0.15, -0.1) is 0 Å². The summed E-state index contributed by atoms with van der Waals surface area (Å²) in [6, 6.07) is 2.00. The second kappa shape index (κ2) is 3.75. The van der Waals surface area contributed by atoms with E-state index in [-0.39, 0.29) is 0 Å². The van der Waals surface area contributed by atoms with Crippen molar-refractivity contribution in [1.29, 1.82) is 0 Å². The molecular weight excluding hydrogens is 204 g/mol. The van der Waals surface area contributed by atoms with E-state index in [1.165, 1.54) is 12.8 Å². The number of hydrogen-bond donors (Lipinski definition) is 1. The standard InChI is InChI=1S/C11H14N4O/c12-5-8-3-4-15(6-8)7-10-13-11(16-14-10)9-1-2-9/h3-4,6,9H,1-2,5,7,12H2. The summed E-state index contributed by atoms with van der Waals surface area (Å²) in [6.07, 6.45) is 6.35. The van der Waals surface area contributed by atoms with Crippen LogP contribution in [0.25, 0.3) is 0 Å². The van der Waals surface area contributed by atoms with Gasteiger partial charge in [-0.25, -0.2) is 0 Å². The summed E-state index contributed by atoms with van der Waals surface area (Å²) in [4.78, 5) is 4.37. The van der Waals surface area contributed by atoms with Crippen LogP contribution < -0.4 is 5.73 Å². The molecule has 0 radical (unpaired) electrons.